The van der Waals surface area contributed by atoms with Gasteiger partial charge in [0.1, 0.15) is 5.75 Å². The number of aromatic nitrogens is 4. The maximum atomic E-state index is 11.5. The number of carbonyl (C=O) groups excluding carboxylic acids is 1. The number of carbonyl (C=O) groups is 1. The van der Waals surface area contributed by atoms with E-state index in [-0.39, 0.29) is 5.82 Å². The van der Waals surface area contributed by atoms with Crippen LogP contribution in [0, 0.1) is 0 Å². The van der Waals surface area contributed by atoms with E-state index in [2.05, 4.69) is 25.9 Å². The minimum Gasteiger partial charge on any atom is -0.497 e. The number of methoxy groups -OCH3 is 1. The number of benzene rings is 1. The predicted molar refractivity (Wildman–Crippen MR) is 55.1 cm³/mol. The van der Waals surface area contributed by atoms with E-state index in [1.165, 1.54) is 0 Å². The lowest BCUT2D eigenvalue weighted by Gasteiger charge is -2.03. The normalized spacial score (nSPS) is 9.81. The third-order valence-corrected chi connectivity index (χ3v) is 1.90. The molecule has 0 atom stereocenters. The molecule has 0 radical (unpaired) electrons. The molecule has 2 rings (SSSR count). The lowest BCUT2D eigenvalue weighted by atomic mass is 10.3. The number of aromatic amines is 1. The van der Waals surface area contributed by atoms with E-state index >= 15 is 0 Å². The Hall–Kier alpha value is -2.44. The number of ether oxygens (including phenoxy) is 1. The Kier molecular flexibility index (Phi) is 2.77. The molecule has 0 unspecified atom stereocenters. The summed E-state index contributed by atoms with van der Waals surface area (Å²) < 4.78 is 4.99. The summed E-state index contributed by atoms with van der Waals surface area (Å²) in [5.41, 5.74) is 0.635. The quantitative estimate of drug-likeness (QED) is 0.782. The zero-order valence-electron chi connectivity index (χ0n) is 8.47. The van der Waals surface area contributed by atoms with Gasteiger partial charge in [-0.15, -0.1) is 10.2 Å². The van der Waals surface area contributed by atoms with Crippen LogP contribution in [-0.4, -0.2) is 33.6 Å². The molecule has 7 heteroatoms. The predicted octanol–water partition coefficient (Wildman–Crippen LogP) is 0.461. The number of nitrogens with zero attached hydrogens (tertiary/aromatic N) is 3. The minimum absolute atomic E-state index is 0.00387. The molecular formula is C9H9N5O2. The van der Waals surface area contributed by atoms with Crippen molar-refractivity contribution in [1.82, 2.24) is 20.6 Å². The zero-order valence-corrected chi connectivity index (χ0v) is 8.47. The first-order valence-electron chi connectivity index (χ1n) is 4.48. The zero-order chi connectivity index (χ0) is 11.4. The smallest absolute Gasteiger partial charge is 0.297 e. The molecule has 7 nitrogen and oxygen atoms in total. The Bertz CT molecular complexity index is 465. The number of anilines is 1. The van der Waals surface area contributed by atoms with Crippen LogP contribution in [0.2, 0.25) is 0 Å². The van der Waals surface area contributed by atoms with Gasteiger partial charge in [0.25, 0.3) is 11.7 Å². The highest BCUT2D eigenvalue weighted by molar-refractivity contribution is 6.01. The second-order valence-corrected chi connectivity index (χ2v) is 2.92. The third-order valence-electron chi connectivity index (χ3n) is 1.90. The Morgan fingerprint density at radius 2 is 2.12 bits per heavy atom. The summed E-state index contributed by atoms with van der Waals surface area (Å²) >= 11 is 0. The van der Waals surface area contributed by atoms with Gasteiger partial charge in [0.05, 0.1) is 7.11 Å². The monoisotopic (exact) mass is 219 g/mol. The van der Waals surface area contributed by atoms with Crippen LogP contribution in [0.3, 0.4) is 0 Å². The fourth-order valence-electron chi connectivity index (χ4n) is 1.12. The molecule has 1 aromatic carbocycles. The van der Waals surface area contributed by atoms with Crippen molar-refractivity contribution in [3.05, 3.63) is 30.1 Å². The van der Waals surface area contributed by atoms with E-state index in [9.17, 15) is 4.79 Å². The lowest BCUT2D eigenvalue weighted by Crippen LogP contribution is -2.13. The van der Waals surface area contributed by atoms with Crippen LogP contribution < -0.4 is 10.1 Å². The summed E-state index contributed by atoms with van der Waals surface area (Å²) in [5.74, 6) is 0.298. The number of rotatable bonds is 3. The Balaban J connectivity index is 2.06. The highest BCUT2D eigenvalue weighted by Gasteiger charge is 2.10. The van der Waals surface area contributed by atoms with E-state index in [4.69, 9.17) is 4.74 Å². The van der Waals surface area contributed by atoms with Gasteiger partial charge in [-0.2, -0.15) is 5.21 Å². The standard InChI is InChI=1S/C9H9N5O2/c1-16-7-4-2-6(3-5-7)10-9(15)8-11-13-14-12-8/h2-5H,1H3,(H,10,15)(H,11,12,13,14). The number of hydrogen-bond acceptors (Lipinski definition) is 5. The SMILES string of the molecule is COc1ccc(NC(=O)c2nn[nH]n2)cc1. The van der Waals surface area contributed by atoms with E-state index in [1.807, 2.05) is 0 Å². The summed E-state index contributed by atoms with van der Waals surface area (Å²) in [6.45, 7) is 0. The molecule has 0 saturated carbocycles. The molecular weight excluding hydrogens is 210 g/mol. The maximum Gasteiger partial charge on any atom is 0.297 e. The Morgan fingerprint density at radius 1 is 1.38 bits per heavy atom. The average Bonchev–Trinajstić information content (AvgIpc) is 2.83. The summed E-state index contributed by atoms with van der Waals surface area (Å²) in [5, 5.41) is 15.2. The number of tetrazole rings is 1. The van der Waals surface area contributed by atoms with E-state index < -0.39 is 5.91 Å². The van der Waals surface area contributed by atoms with Crippen molar-refractivity contribution in [1.29, 1.82) is 0 Å². The van der Waals surface area contributed by atoms with E-state index in [1.54, 1.807) is 31.4 Å². The van der Waals surface area contributed by atoms with Gasteiger partial charge in [0, 0.05) is 5.69 Å². The fraction of sp³-hybridized carbons (Fsp3) is 0.111. The van der Waals surface area contributed by atoms with Crippen molar-refractivity contribution in [2.45, 2.75) is 0 Å². The number of hydrogen-bond donors (Lipinski definition) is 2. The highest BCUT2D eigenvalue weighted by atomic mass is 16.5. The fourth-order valence-corrected chi connectivity index (χ4v) is 1.12. The first-order valence-corrected chi connectivity index (χ1v) is 4.48. The number of nitrogens with one attached hydrogen (secondary N) is 2. The summed E-state index contributed by atoms with van der Waals surface area (Å²) in [7, 11) is 1.58. The van der Waals surface area contributed by atoms with Crippen molar-refractivity contribution >= 4 is 11.6 Å². The van der Waals surface area contributed by atoms with Gasteiger partial charge in [-0.05, 0) is 29.5 Å². The Morgan fingerprint density at radius 3 is 2.69 bits per heavy atom. The summed E-state index contributed by atoms with van der Waals surface area (Å²) in [6.07, 6.45) is 0. The second-order valence-electron chi connectivity index (χ2n) is 2.92. The largest absolute Gasteiger partial charge is 0.497 e. The lowest BCUT2D eigenvalue weighted by molar-refractivity contribution is 0.101. The third kappa shape index (κ3) is 2.14. The van der Waals surface area contributed by atoms with Gasteiger partial charge in [-0.25, -0.2) is 0 Å². The first-order chi connectivity index (χ1) is 7.79. The molecule has 0 fully saturated rings. The molecule has 82 valence electrons. The van der Waals surface area contributed by atoms with Crippen molar-refractivity contribution in [2.24, 2.45) is 0 Å². The molecule has 2 N–H and O–H groups in total. The molecule has 0 aliphatic heterocycles. The van der Waals surface area contributed by atoms with Crippen LogP contribution in [0.4, 0.5) is 5.69 Å². The van der Waals surface area contributed by atoms with Gasteiger partial charge >= 0.3 is 0 Å². The summed E-state index contributed by atoms with van der Waals surface area (Å²) in [4.78, 5) is 11.5. The van der Waals surface area contributed by atoms with Crippen molar-refractivity contribution < 1.29 is 9.53 Å². The molecule has 1 aromatic heterocycles. The molecule has 1 heterocycles. The minimum atomic E-state index is -0.418. The van der Waals surface area contributed by atoms with Crippen LogP contribution >= 0.6 is 0 Å². The van der Waals surface area contributed by atoms with Crippen molar-refractivity contribution in [3.63, 3.8) is 0 Å². The highest BCUT2D eigenvalue weighted by Crippen LogP contribution is 2.15. The maximum absolute atomic E-state index is 11.5. The number of H-pyrrole nitrogens is 1. The average molecular weight is 219 g/mol. The topological polar surface area (TPSA) is 92.8 Å². The molecule has 16 heavy (non-hydrogen) atoms. The van der Waals surface area contributed by atoms with Crippen LogP contribution in [0.15, 0.2) is 24.3 Å². The Labute approximate surface area is 90.8 Å². The van der Waals surface area contributed by atoms with Crippen molar-refractivity contribution in [3.8, 4) is 5.75 Å². The van der Waals surface area contributed by atoms with Gasteiger partial charge < -0.3 is 10.1 Å². The van der Waals surface area contributed by atoms with Crippen LogP contribution in [0.1, 0.15) is 10.6 Å². The summed E-state index contributed by atoms with van der Waals surface area (Å²) in [6, 6.07) is 6.92. The molecule has 0 aliphatic rings. The van der Waals surface area contributed by atoms with Crippen molar-refractivity contribution in [2.75, 3.05) is 12.4 Å². The van der Waals surface area contributed by atoms with Crippen LogP contribution in [0.5, 0.6) is 5.75 Å². The molecule has 0 spiro atoms. The van der Waals surface area contributed by atoms with E-state index in [0.717, 1.165) is 5.75 Å². The molecule has 0 aliphatic carbocycles. The number of amides is 1. The second kappa shape index (κ2) is 4.39. The van der Waals surface area contributed by atoms with E-state index in [0.29, 0.717) is 5.69 Å². The van der Waals surface area contributed by atoms with Gasteiger partial charge in [0.2, 0.25) is 0 Å². The van der Waals surface area contributed by atoms with Crippen LogP contribution in [-0.2, 0) is 0 Å². The molecule has 0 saturated heterocycles. The molecule has 1 amide bonds. The van der Waals surface area contributed by atoms with Crippen LogP contribution in [0.25, 0.3) is 0 Å². The molecule has 2 aromatic rings. The molecule has 0 bridgehead atoms. The van der Waals surface area contributed by atoms with Gasteiger partial charge in [-0.3, -0.25) is 4.79 Å². The first kappa shape index (κ1) is 10.1. The van der Waals surface area contributed by atoms with Gasteiger partial charge in [-0.1, -0.05) is 0 Å². The van der Waals surface area contributed by atoms with Gasteiger partial charge in [0.15, 0.2) is 0 Å².